The van der Waals surface area contributed by atoms with Crippen LogP contribution in [0.3, 0.4) is 0 Å². The Labute approximate surface area is 232 Å². The maximum Gasteiger partial charge on any atom is 0.356 e. The van der Waals surface area contributed by atoms with Gasteiger partial charge >= 0.3 is 11.9 Å². The molecule has 0 radical (unpaired) electrons. The van der Waals surface area contributed by atoms with E-state index < -0.39 is 30.0 Å². The third-order valence-corrected chi connectivity index (χ3v) is 8.57. The zero-order valence-corrected chi connectivity index (χ0v) is 23.9. The fraction of sp³-hybridized carbons (Fsp3) is 0.571. The van der Waals surface area contributed by atoms with Crippen molar-refractivity contribution in [2.24, 2.45) is 11.8 Å². The molecule has 0 aromatic heterocycles. The van der Waals surface area contributed by atoms with Crippen molar-refractivity contribution in [3.05, 3.63) is 40.4 Å². The number of benzene rings is 1. The van der Waals surface area contributed by atoms with Gasteiger partial charge in [-0.3, -0.25) is 9.59 Å². The van der Waals surface area contributed by atoms with Gasteiger partial charge in [0.1, 0.15) is 5.70 Å². The monoisotopic (exact) mass is 559 g/mol. The van der Waals surface area contributed by atoms with Gasteiger partial charge < -0.3 is 30.1 Å². The van der Waals surface area contributed by atoms with Crippen LogP contribution in [0.25, 0.3) is 0 Å². The highest BCUT2D eigenvalue weighted by Crippen LogP contribution is 2.52. The lowest BCUT2D eigenvalue weighted by Crippen LogP contribution is -2.63. The maximum absolute atomic E-state index is 13.0. The molecule has 1 aromatic rings. The molecule has 3 aliphatic rings. The molecule has 0 bridgehead atoms. The second kappa shape index (κ2) is 11.7. The quantitative estimate of drug-likeness (QED) is 0.308. The van der Waals surface area contributed by atoms with Crippen molar-refractivity contribution < 1.29 is 33.8 Å². The molecule has 11 heteroatoms. The maximum atomic E-state index is 13.0. The molecule has 3 N–H and O–H groups in total. The number of hydrogen-bond acceptors (Lipinski definition) is 9. The number of esters is 2. The number of anilines is 1. The van der Waals surface area contributed by atoms with Crippen LogP contribution >= 0.6 is 11.8 Å². The Morgan fingerprint density at radius 1 is 1.10 bits per heavy atom. The first kappa shape index (κ1) is 29.1. The number of ether oxygens (including phenoxy) is 2. The number of thioether (sulfide) groups is 1. The summed E-state index contributed by atoms with van der Waals surface area (Å²) in [6, 6.07) is 5.85. The van der Waals surface area contributed by atoms with E-state index in [0.29, 0.717) is 24.2 Å². The van der Waals surface area contributed by atoms with Crippen molar-refractivity contribution in [1.29, 1.82) is 0 Å². The number of β-lactam (4-membered cyclic amide) rings is 1. The third-order valence-electron chi connectivity index (χ3n) is 7.05. The number of nitrogens with zero attached hydrogens (tertiary/aromatic N) is 1. The lowest BCUT2D eigenvalue weighted by atomic mass is 9.79. The van der Waals surface area contributed by atoms with Crippen molar-refractivity contribution in [1.82, 2.24) is 10.2 Å². The number of hydrogen-bond donors (Lipinski definition) is 3. The van der Waals surface area contributed by atoms with Crippen LogP contribution in [0.5, 0.6) is 0 Å². The molecule has 2 fully saturated rings. The van der Waals surface area contributed by atoms with Gasteiger partial charge in [-0.15, -0.1) is 11.8 Å². The number of amides is 2. The zero-order valence-electron chi connectivity index (χ0n) is 23.1. The van der Waals surface area contributed by atoms with Crippen LogP contribution in [0.2, 0.25) is 0 Å². The Balaban J connectivity index is 1.44. The summed E-state index contributed by atoms with van der Waals surface area (Å²) in [7, 11) is 0. The Morgan fingerprint density at radius 3 is 2.41 bits per heavy atom. The average Bonchev–Trinajstić information content (AvgIpc) is 3.40. The van der Waals surface area contributed by atoms with Crippen LogP contribution in [0, 0.1) is 11.8 Å². The minimum atomic E-state index is -0.820. The SMILES string of the molecule is CC(C)OC(=O)C1=C(S[C@@H]2CN[C@H](C(=O)Nc3cccc(C(=O)OC(C)C)c3)C2)[C@H](C)[C@@H]2[C@@H]([C@@H](C)O)C(=O)N12. The molecule has 6 atom stereocenters. The van der Waals surface area contributed by atoms with E-state index in [1.54, 1.807) is 58.9 Å². The van der Waals surface area contributed by atoms with Gasteiger partial charge in [-0.1, -0.05) is 13.0 Å². The molecule has 212 valence electrons. The first-order chi connectivity index (χ1) is 18.4. The minimum absolute atomic E-state index is 0.0220. The van der Waals surface area contributed by atoms with Gasteiger partial charge in [0.15, 0.2) is 0 Å². The molecular weight excluding hydrogens is 522 g/mol. The zero-order chi connectivity index (χ0) is 28.6. The average molecular weight is 560 g/mol. The molecule has 3 heterocycles. The van der Waals surface area contributed by atoms with Crippen LogP contribution in [0.1, 0.15) is 58.3 Å². The van der Waals surface area contributed by atoms with Crippen molar-refractivity contribution in [2.45, 2.75) is 83.6 Å². The number of aliphatic hydroxyl groups is 1. The first-order valence-electron chi connectivity index (χ1n) is 13.4. The smallest absolute Gasteiger partial charge is 0.356 e. The van der Waals surface area contributed by atoms with Crippen LogP contribution in [-0.4, -0.2) is 75.9 Å². The third kappa shape index (κ3) is 6.00. The van der Waals surface area contributed by atoms with Gasteiger partial charge in [0.2, 0.25) is 11.8 Å². The van der Waals surface area contributed by atoms with Crippen LogP contribution < -0.4 is 10.6 Å². The van der Waals surface area contributed by atoms with Crippen LogP contribution in [0.4, 0.5) is 5.69 Å². The summed E-state index contributed by atoms with van der Waals surface area (Å²) in [5.41, 5.74) is 1.10. The highest BCUT2D eigenvalue weighted by atomic mass is 32.2. The van der Waals surface area contributed by atoms with E-state index in [0.717, 1.165) is 4.91 Å². The van der Waals surface area contributed by atoms with E-state index in [9.17, 15) is 24.3 Å². The van der Waals surface area contributed by atoms with E-state index in [4.69, 9.17) is 9.47 Å². The molecule has 4 rings (SSSR count). The Morgan fingerprint density at radius 2 is 1.77 bits per heavy atom. The molecule has 0 saturated carbocycles. The standard InChI is InChI=1S/C28H37N3O7S/c1-13(2)37-27(35)17-8-7-9-18(10-17)30-25(33)20-11-19(12-29-20)39-24-15(5)22-21(16(6)32)26(34)31(22)23(24)28(36)38-14(3)4/h7-10,13-16,19-22,29,32H,11-12H2,1-6H3,(H,30,33)/t15-,16-,19+,20+,21-,22-/m1/s1. The number of nitrogens with one attached hydrogen (secondary N) is 2. The molecule has 0 unspecified atom stereocenters. The highest BCUT2D eigenvalue weighted by molar-refractivity contribution is 8.03. The second-order valence-electron chi connectivity index (χ2n) is 10.9. The molecule has 0 aliphatic carbocycles. The van der Waals surface area contributed by atoms with E-state index in [2.05, 4.69) is 10.6 Å². The summed E-state index contributed by atoms with van der Waals surface area (Å²) in [5.74, 6) is -2.21. The number of rotatable bonds is 9. The lowest BCUT2D eigenvalue weighted by molar-refractivity contribution is -0.165. The van der Waals surface area contributed by atoms with Crippen LogP contribution in [-0.2, 0) is 23.9 Å². The topological polar surface area (TPSA) is 134 Å². The first-order valence-corrected chi connectivity index (χ1v) is 14.2. The van der Waals surface area contributed by atoms with Gasteiger partial charge in [0.25, 0.3) is 0 Å². The van der Waals surface area contributed by atoms with Crippen LogP contribution in [0.15, 0.2) is 34.9 Å². The lowest BCUT2D eigenvalue weighted by Gasteiger charge is -2.46. The number of carbonyl (C=O) groups is 4. The molecule has 10 nitrogen and oxygen atoms in total. The fourth-order valence-corrected chi connectivity index (χ4v) is 6.82. The molecule has 39 heavy (non-hydrogen) atoms. The molecule has 1 aromatic carbocycles. The van der Waals surface area contributed by atoms with Crippen molar-refractivity contribution in [3.63, 3.8) is 0 Å². The highest BCUT2D eigenvalue weighted by Gasteiger charge is 2.60. The predicted octanol–water partition coefficient (Wildman–Crippen LogP) is 2.67. The molecule has 2 saturated heterocycles. The molecule has 2 amide bonds. The largest absolute Gasteiger partial charge is 0.459 e. The van der Waals surface area contributed by atoms with Gasteiger partial charge in [0, 0.05) is 28.3 Å². The fourth-order valence-electron chi connectivity index (χ4n) is 5.35. The molecule has 0 spiro atoms. The molecule has 3 aliphatic heterocycles. The van der Waals surface area contributed by atoms with E-state index in [1.807, 2.05) is 6.92 Å². The van der Waals surface area contributed by atoms with E-state index in [-0.39, 0.29) is 46.9 Å². The van der Waals surface area contributed by atoms with E-state index >= 15 is 0 Å². The van der Waals surface area contributed by atoms with Crippen molar-refractivity contribution in [3.8, 4) is 0 Å². The summed E-state index contributed by atoms with van der Waals surface area (Å²) in [6.07, 6.45) is -0.907. The predicted molar refractivity (Wildman–Crippen MR) is 147 cm³/mol. The number of carbonyl (C=O) groups excluding carboxylic acids is 4. The number of aliphatic hydroxyl groups excluding tert-OH is 1. The summed E-state index contributed by atoms with van der Waals surface area (Å²) < 4.78 is 10.7. The second-order valence-corrected chi connectivity index (χ2v) is 12.2. The van der Waals surface area contributed by atoms with Gasteiger partial charge in [-0.05, 0) is 59.2 Å². The molecular formula is C28H37N3O7S. The Kier molecular flexibility index (Phi) is 8.72. The van der Waals surface area contributed by atoms with Gasteiger partial charge in [0.05, 0.1) is 41.9 Å². The summed E-state index contributed by atoms with van der Waals surface area (Å²) >= 11 is 1.49. The minimum Gasteiger partial charge on any atom is -0.459 e. The Bertz CT molecular complexity index is 1180. The van der Waals surface area contributed by atoms with Gasteiger partial charge in [-0.25, -0.2) is 9.59 Å². The van der Waals surface area contributed by atoms with E-state index in [1.165, 1.54) is 16.7 Å². The Hall–Kier alpha value is -2.89. The normalized spacial score (nSPS) is 26.9. The van der Waals surface area contributed by atoms with Crippen molar-refractivity contribution in [2.75, 3.05) is 11.9 Å². The summed E-state index contributed by atoms with van der Waals surface area (Å²) in [6.45, 7) is 11.1. The summed E-state index contributed by atoms with van der Waals surface area (Å²) in [5, 5.41) is 16.3. The van der Waals surface area contributed by atoms with Crippen molar-refractivity contribution >= 4 is 41.2 Å². The van der Waals surface area contributed by atoms with Gasteiger partial charge in [-0.2, -0.15) is 0 Å². The summed E-state index contributed by atoms with van der Waals surface area (Å²) in [4.78, 5) is 53.4. The number of fused-ring (bicyclic) bond motifs is 1.